The number of aromatic nitrogens is 3. The van der Waals surface area contributed by atoms with Gasteiger partial charge in [0.2, 0.25) is 5.88 Å². The fourth-order valence-electron chi connectivity index (χ4n) is 3.07. The summed E-state index contributed by atoms with van der Waals surface area (Å²) in [6.45, 7) is 5.04. The molecule has 2 aromatic rings. The number of aryl methyl sites for hydroxylation is 1. The number of ether oxygens (including phenoxy) is 1. The van der Waals surface area contributed by atoms with Crippen LogP contribution in [-0.2, 0) is 25.8 Å². The second-order valence-electron chi connectivity index (χ2n) is 5.55. The van der Waals surface area contributed by atoms with Crippen molar-refractivity contribution in [3.05, 3.63) is 47.2 Å². The highest BCUT2D eigenvalue weighted by molar-refractivity contribution is 5.28. The van der Waals surface area contributed by atoms with Gasteiger partial charge in [0.05, 0.1) is 7.11 Å². The summed E-state index contributed by atoms with van der Waals surface area (Å²) < 4.78 is 5.36. The number of fused-ring (bicyclic) bond motifs is 1. The van der Waals surface area contributed by atoms with E-state index in [-0.39, 0.29) is 0 Å². The maximum Gasteiger partial charge on any atom is 0.217 e. The number of nitrogens with zero attached hydrogens (tertiary/aromatic N) is 4. The summed E-state index contributed by atoms with van der Waals surface area (Å²) in [5.41, 5.74) is 4.90. The van der Waals surface area contributed by atoms with E-state index in [0.717, 1.165) is 50.3 Å². The van der Waals surface area contributed by atoms with Gasteiger partial charge in [-0.05, 0) is 24.5 Å². The summed E-state index contributed by atoms with van der Waals surface area (Å²) in [5.74, 6) is 0.721. The summed E-state index contributed by atoms with van der Waals surface area (Å²) in [7, 11) is 1.67. The molecular weight excluding hydrogens is 276 g/mol. The predicted molar refractivity (Wildman–Crippen MR) is 84.9 cm³/mol. The van der Waals surface area contributed by atoms with Gasteiger partial charge in [-0.25, -0.2) is 15.0 Å². The Kier molecular flexibility index (Phi) is 4.63. The number of hydrogen-bond acceptors (Lipinski definition) is 5. The molecule has 0 N–H and O–H groups in total. The van der Waals surface area contributed by atoms with Crippen molar-refractivity contribution in [2.45, 2.75) is 32.7 Å². The van der Waals surface area contributed by atoms with Gasteiger partial charge < -0.3 is 4.74 Å². The van der Waals surface area contributed by atoms with Crippen molar-refractivity contribution in [2.75, 3.05) is 20.2 Å². The van der Waals surface area contributed by atoms with Gasteiger partial charge in [0, 0.05) is 49.2 Å². The van der Waals surface area contributed by atoms with Crippen LogP contribution in [0.4, 0.5) is 0 Å². The molecule has 5 nitrogen and oxygen atoms in total. The van der Waals surface area contributed by atoms with Crippen molar-refractivity contribution < 1.29 is 4.74 Å². The van der Waals surface area contributed by atoms with E-state index in [4.69, 9.17) is 4.74 Å². The Morgan fingerprint density at radius 1 is 1.18 bits per heavy atom. The van der Waals surface area contributed by atoms with Crippen molar-refractivity contribution in [1.82, 2.24) is 19.9 Å². The third kappa shape index (κ3) is 3.09. The van der Waals surface area contributed by atoms with Gasteiger partial charge in [-0.1, -0.05) is 13.0 Å². The van der Waals surface area contributed by atoms with Gasteiger partial charge >= 0.3 is 0 Å². The standard InChI is InChI=1S/C17H22N4O/c1-3-15-14-6-9-21(10-7-16(14)20-12-19-15)11-13-5-4-8-18-17(13)22-2/h4-5,8,12H,3,6-7,9-11H2,1-2H3. The van der Waals surface area contributed by atoms with Gasteiger partial charge in [0.1, 0.15) is 6.33 Å². The van der Waals surface area contributed by atoms with Crippen LogP contribution in [0.25, 0.3) is 0 Å². The highest BCUT2D eigenvalue weighted by Crippen LogP contribution is 2.20. The zero-order valence-electron chi connectivity index (χ0n) is 13.2. The van der Waals surface area contributed by atoms with Gasteiger partial charge in [-0.3, -0.25) is 4.90 Å². The highest BCUT2D eigenvalue weighted by Gasteiger charge is 2.18. The van der Waals surface area contributed by atoms with E-state index in [1.807, 2.05) is 6.07 Å². The molecule has 1 aliphatic heterocycles. The van der Waals surface area contributed by atoms with Gasteiger partial charge in [-0.2, -0.15) is 0 Å². The summed E-state index contributed by atoms with van der Waals surface area (Å²) in [6, 6.07) is 4.05. The van der Waals surface area contributed by atoms with Crippen molar-refractivity contribution in [1.29, 1.82) is 0 Å². The predicted octanol–water partition coefficient (Wildman–Crippen LogP) is 2.04. The van der Waals surface area contributed by atoms with E-state index in [9.17, 15) is 0 Å². The Morgan fingerprint density at radius 3 is 2.86 bits per heavy atom. The van der Waals surface area contributed by atoms with E-state index in [1.165, 1.54) is 17.0 Å². The Bertz CT molecular complexity index is 644. The van der Waals surface area contributed by atoms with Gasteiger partial charge in [0.25, 0.3) is 0 Å². The minimum atomic E-state index is 0.721. The van der Waals surface area contributed by atoms with Crippen molar-refractivity contribution in [3.63, 3.8) is 0 Å². The maximum absolute atomic E-state index is 5.36. The molecule has 0 radical (unpaired) electrons. The number of hydrogen-bond donors (Lipinski definition) is 0. The molecule has 5 heteroatoms. The van der Waals surface area contributed by atoms with Crippen LogP contribution in [0.5, 0.6) is 5.88 Å². The molecule has 0 atom stereocenters. The molecule has 0 unspecified atom stereocenters. The normalized spacial score (nSPS) is 15.2. The molecule has 0 aliphatic carbocycles. The van der Waals surface area contributed by atoms with Crippen LogP contribution in [0, 0.1) is 0 Å². The molecule has 0 spiro atoms. The first kappa shape index (κ1) is 14.9. The zero-order valence-corrected chi connectivity index (χ0v) is 13.2. The number of methoxy groups -OCH3 is 1. The first-order chi connectivity index (χ1) is 10.8. The van der Waals surface area contributed by atoms with Crippen LogP contribution in [-0.4, -0.2) is 40.1 Å². The topological polar surface area (TPSA) is 51.1 Å². The van der Waals surface area contributed by atoms with E-state index in [1.54, 1.807) is 19.6 Å². The summed E-state index contributed by atoms with van der Waals surface area (Å²) in [4.78, 5) is 15.6. The minimum Gasteiger partial charge on any atom is -0.481 e. The average molecular weight is 298 g/mol. The van der Waals surface area contributed by atoms with E-state index in [0.29, 0.717) is 0 Å². The largest absolute Gasteiger partial charge is 0.481 e. The lowest BCUT2D eigenvalue weighted by molar-refractivity contribution is 0.272. The molecule has 0 saturated carbocycles. The monoisotopic (exact) mass is 298 g/mol. The Hall–Kier alpha value is -2.01. The van der Waals surface area contributed by atoms with Crippen LogP contribution >= 0.6 is 0 Å². The van der Waals surface area contributed by atoms with E-state index in [2.05, 4.69) is 32.8 Å². The lowest BCUT2D eigenvalue weighted by atomic mass is 10.1. The van der Waals surface area contributed by atoms with Crippen LogP contribution in [0.3, 0.4) is 0 Å². The summed E-state index contributed by atoms with van der Waals surface area (Å²) in [5, 5.41) is 0. The molecule has 1 aliphatic rings. The first-order valence-electron chi connectivity index (χ1n) is 7.83. The molecule has 22 heavy (non-hydrogen) atoms. The number of pyridine rings is 1. The van der Waals surface area contributed by atoms with Crippen LogP contribution < -0.4 is 4.74 Å². The quantitative estimate of drug-likeness (QED) is 0.864. The summed E-state index contributed by atoms with van der Waals surface area (Å²) >= 11 is 0. The molecular formula is C17H22N4O. The van der Waals surface area contributed by atoms with Crippen LogP contribution in [0.2, 0.25) is 0 Å². The highest BCUT2D eigenvalue weighted by atomic mass is 16.5. The fraction of sp³-hybridized carbons (Fsp3) is 0.471. The van der Waals surface area contributed by atoms with Crippen molar-refractivity contribution in [3.8, 4) is 5.88 Å². The molecule has 0 aromatic carbocycles. The molecule has 3 rings (SSSR count). The first-order valence-corrected chi connectivity index (χ1v) is 7.83. The number of rotatable bonds is 4. The molecule has 0 saturated heterocycles. The molecule has 2 aromatic heterocycles. The minimum absolute atomic E-state index is 0.721. The third-order valence-electron chi connectivity index (χ3n) is 4.24. The maximum atomic E-state index is 5.36. The Labute approximate surface area is 131 Å². The van der Waals surface area contributed by atoms with Crippen LogP contribution in [0.15, 0.2) is 24.7 Å². The molecule has 0 fully saturated rings. The smallest absolute Gasteiger partial charge is 0.217 e. The zero-order chi connectivity index (χ0) is 15.4. The van der Waals surface area contributed by atoms with Gasteiger partial charge in [0.15, 0.2) is 0 Å². The van der Waals surface area contributed by atoms with Gasteiger partial charge in [-0.15, -0.1) is 0 Å². The lowest BCUT2D eigenvalue weighted by Gasteiger charge is -2.20. The Morgan fingerprint density at radius 2 is 2.05 bits per heavy atom. The fourth-order valence-corrected chi connectivity index (χ4v) is 3.07. The second kappa shape index (κ2) is 6.83. The van der Waals surface area contributed by atoms with Crippen molar-refractivity contribution >= 4 is 0 Å². The van der Waals surface area contributed by atoms with E-state index < -0.39 is 0 Å². The SMILES string of the molecule is CCc1ncnc2c1CCN(Cc1cccnc1OC)CC2. The molecule has 0 amide bonds. The second-order valence-corrected chi connectivity index (χ2v) is 5.55. The van der Waals surface area contributed by atoms with Crippen molar-refractivity contribution in [2.24, 2.45) is 0 Å². The third-order valence-corrected chi connectivity index (χ3v) is 4.24. The molecule has 0 bridgehead atoms. The lowest BCUT2D eigenvalue weighted by Crippen LogP contribution is -2.26. The summed E-state index contributed by atoms with van der Waals surface area (Å²) in [6.07, 6.45) is 6.44. The molecule has 3 heterocycles. The van der Waals surface area contributed by atoms with E-state index >= 15 is 0 Å². The average Bonchev–Trinajstić information content (AvgIpc) is 2.78. The molecule has 116 valence electrons. The van der Waals surface area contributed by atoms with Crippen LogP contribution in [0.1, 0.15) is 29.4 Å². The Balaban J connectivity index is 1.74.